The molecule has 0 aliphatic carbocycles. The minimum atomic E-state index is -1.40. The highest BCUT2D eigenvalue weighted by Gasteiger charge is 2.20. The topological polar surface area (TPSA) is 108 Å². The lowest BCUT2D eigenvalue weighted by molar-refractivity contribution is -0.308. The average molecular weight is 444 g/mol. The first-order valence-corrected chi connectivity index (χ1v) is 10.0. The van der Waals surface area contributed by atoms with Crippen LogP contribution in [0.1, 0.15) is 36.2 Å². The fraction of sp³-hybridized carbons (Fsp3) is 0.261. The number of nitrogens with one attached hydrogen (secondary N) is 2. The average Bonchev–Trinajstić information content (AvgIpc) is 2.73. The van der Waals surface area contributed by atoms with Gasteiger partial charge < -0.3 is 25.3 Å². The summed E-state index contributed by atoms with van der Waals surface area (Å²) in [6.45, 7) is 3.65. The molecule has 164 valence electrons. The van der Waals surface area contributed by atoms with Gasteiger partial charge in [0.25, 0.3) is 11.8 Å². The Morgan fingerprint density at radius 1 is 1.10 bits per heavy atom. The Kier molecular flexibility index (Phi) is 8.63. The molecule has 7 nitrogen and oxygen atoms in total. The van der Waals surface area contributed by atoms with Crippen LogP contribution in [0.25, 0.3) is 6.08 Å². The molecular weight excluding hydrogens is 420 g/mol. The summed E-state index contributed by atoms with van der Waals surface area (Å²) in [4.78, 5) is 37.0. The predicted octanol–water partition coefficient (Wildman–Crippen LogP) is 2.40. The summed E-state index contributed by atoms with van der Waals surface area (Å²) in [7, 11) is 1.51. The molecule has 0 fully saturated rings. The number of aliphatic carboxylic acids is 1. The Hall–Kier alpha value is -3.32. The summed E-state index contributed by atoms with van der Waals surface area (Å²) in [5.74, 6) is -2.14. The third kappa shape index (κ3) is 7.15. The lowest BCUT2D eigenvalue weighted by Crippen LogP contribution is -2.50. The molecule has 2 aromatic rings. The van der Waals surface area contributed by atoms with Crippen LogP contribution in [0, 0.1) is 5.92 Å². The zero-order valence-electron chi connectivity index (χ0n) is 17.5. The number of halogens is 1. The molecule has 0 saturated carbocycles. The van der Waals surface area contributed by atoms with Crippen molar-refractivity contribution < 1.29 is 24.2 Å². The Balaban J connectivity index is 2.33. The number of carbonyl (C=O) groups is 3. The van der Waals surface area contributed by atoms with E-state index in [1.807, 2.05) is 13.8 Å². The molecule has 2 N–H and O–H groups in total. The maximum absolute atomic E-state index is 12.9. The zero-order valence-corrected chi connectivity index (χ0v) is 18.2. The number of benzene rings is 2. The van der Waals surface area contributed by atoms with Gasteiger partial charge in [0.2, 0.25) is 0 Å². The predicted molar refractivity (Wildman–Crippen MR) is 116 cm³/mol. The molecule has 8 heteroatoms. The van der Waals surface area contributed by atoms with E-state index < -0.39 is 23.8 Å². The number of amides is 2. The third-order valence-electron chi connectivity index (χ3n) is 4.35. The summed E-state index contributed by atoms with van der Waals surface area (Å²) in [5.41, 5.74) is 0.624. The van der Waals surface area contributed by atoms with E-state index >= 15 is 0 Å². The highest BCUT2D eigenvalue weighted by atomic mass is 35.5. The van der Waals surface area contributed by atoms with Crippen LogP contribution in [0.3, 0.4) is 0 Å². The second kappa shape index (κ2) is 11.2. The number of methoxy groups -OCH3 is 1. The molecule has 0 unspecified atom stereocenters. The molecule has 0 aliphatic heterocycles. The van der Waals surface area contributed by atoms with Gasteiger partial charge in [-0.2, -0.15) is 0 Å². The Morgan fingerprint density at radius 3 is 2.29 bits per heavy atom. The van der Waals surface area contributed by atoms with E-state index in [4.69, 9.17) is 16.3 Å². The summed E-state index contributed by atoms with van der Waals surface area (Å²) >= 11 is 6.18. The van der Waals surface area contributed by atoms with Gasteiger partial charge in [-0.05, 0) is 54.3 Å². The van der Waals surface area contributed by atoms with Crippen molar-refractivity contribution in [3.05, 3.63) is 70.4 Å². The quantitative estimate of drug-likeness (QED) is 0.578. The number of ether oxygens (including phenoxy) is 1. The highest BCUT2D eigenvalue weighted by molar-refractivity contribution is 6.32. The van der Waals surface area contributed by atoms with Crippen LogP contribution in [-0.2, 0) is 9.59 Å². The van der Waals surface area contributed by atoms with Crippen LogP contribution >= 0.6 is 11.6 Å². The lowest BCUT2D eigenvalue weighted by Gasteiger charge is -2.22. The molecule has 2 aromatic carbocycles. The van der Waals surface area contributed by atoms with Crippen LogP contribution in [-0.4, -0.2) is 30.9 Å². The smallest absolute Gasteiger partial charge is 0.268 e. The number of hydrogen-bond donors (Lipinski definition) is 2. The lowest BCUT2D eigenvalue weighted by atomic mass is 10.0. The van der Waals surface area contributed by atoms with Gasteiger partial charge in [0, 0.05) is 10.6 Å². The van der Waals surface area contributed by atoms with Gasteiger partial charge in [-0.3, -0.25) is 9.59 Å². The van der Waals surface area contributed by atoms with Crippen LogP contribution in [0.15, 0.2) is 54.2 Å². The maximum atomic E-state index is 12.9. The highest BCUT2D eigenvalue weighted by Crippen LogP contribution is 2.18. The maximum Gasteiger partial charge on any atom is 0.268 e. The van der Waals surface area contributed by atoms with Crippen molar-refractivity contribution in [2.75, 3.05) is 7.11 Å². The van der Waals surface area contributed by atoms with E-state index in [-0.39, 0.29) is 23.6 Å². The molecule has 31 heavy (non-hydrogen) atoms. The molecule has 0 heterocycles. The van der Waals surface area contributed by atoms with E-state index in [1.165, 1.54) is 13.2 Å². The number of carboxylic acids is 1. The largest absolute Gasteiger partial charge is 0.548 e. The van der Waals surface area contributed by atoms with Crippen LogP contribution in [0.4, 0.5) is 0 Å². The van der Waals surface area contributed by atoms with E-state index in [1.54, 1.807) is 48.5 Å². The van der Waals surface area contributed by atoms with Crippen LogP contribution < -0.4 is 20.5 Å². The number of carbonyl (C=O) groups excluding carboxylic acids is 3. The van der Waals surface area contributed by atoms with Crippen molar-refractivity contribution in [3.8, 4) is 5.75 Å². The number of hydrogen-bond acceptors (Lipinski definition) is 5. The normalized spacial score (nSPS) is 12.2. The second-order valence-corrected chi connectivity index (χ2v) is 7.64. The van der Waals surface area contributed by atoms with Crippen molar-refractivity contribution in [2.45, 2.75) is 26.3 Å². The fourth-order valence-corrected chi connectivity index (χ4v) is 2.95. The number of carboxylic acid groups (broad SMARTS) is 1. The van der Waals surface area contributed by atoms with Crippen molar-refractivity contribution in [3.63, 3.8) is 0 Å². The summed E-state index contributed by atoms with van der Waals surface area (Å²) in [6, 6.07) is 11.9. The minimum absolute atomic E-state index is 0.00749. The van der Waals surface area contributed by atoms with Gasteiger partial charge in [-0.15, -0.1) is 0 Å². The molecule has 2 amide bonds. The SMILES string of the molecule is COc1ccc(C(=O)N/C(=C\c2ccccc2Cl)C(=O)N[C@@H](CC(C)C)C(=O)[O-])cc1. The Bertz CT molecular complexity index is 970. The minimum Gasteiger partial charge on any atom is -0.548 e. The van der Waals surface area contributed by atoms with Gasteiger partial charge in [-0.25, -0.2) is 0 Å². The summed E-state index contributed by atoms with van der Waals surface area (Å²) in [5, 5.41) is 16.8. The molecule has 0 spiro atoms. The van der Waals surface area contributed by atoms with Crippen molar-refractivity contribution in [1.29, 1.82) is 0 Å². The molecule has 1 atom stereocenters. The molecule has 0 bridgehead atoms. The van der Waals surface area contributed by atoms with Crippen LogP contribution in [0.5, 0.6) is 5.75 Å². The van der Waals surface area contributed by atoms with Crippen molar-refractivity contribution in [2.24, 2.45) is 5.92 Å². The first-order valence-electron chi connectivity index (χ1n) is 9.64. The number of rotatable bonds is 9. The van der Waals surface area contributed by atoms with E-state index in [0.29, 0.717) is 16.3 Å². The summed E-state index contributed by atoms with van der Waals surface area (Å²) in [6.07, 6.45) is 1.57. The molecule has 0 radical (unpaired) electrons. The van der Waals surface area contributed by atoms with Gasteiger partial charge in [0.1, 0.15) is 11.4 Å². The first kappa shape index (κ1) is 24.0. The monoisotopic (exact) mass is 443 g/mol. The zero-order chi connectivity index (χ0) is 23.0. The van der Waals surface area contributed by atoms with Crippen LogP contribution in [0.2, 0.25) is 5.02 Å². The molecule has 0 aliphatic rings. The van der Waals surface area contributed by atoms with Gasteiger partial charge in [0.05, 0.1) is 19.1 Å². The Morgan fingerprint density at radius 2 is 1.74 bits per heavy atom. The molecule has 0 saturated heterocycles. The van der Waals surface area contributed by atoms with Crippen molar-refractivity contribution in [1.82, 2.24) is 10.6 Å². The van der Waals surface area contributed by atoms with E-state index in [2.05, 4.69) is 10.6 Å². The second-order valence-electron chi connectivity index (χ2n) is 7.24. The van der Waals surface area contributed by atoms with E-state index in [0.717, 1.165) is 0 Å². The standard InChI is InChI=1S/C23H25ClN2O5/c1-14(2)12-20(23(29)30)26-22(28)19(13-16-6-4-5-7-18(16)24)25-21(27)15-8-10-17(31-3)11-9-15/h4-11,13-14,20H,12H2,1-3H3,(H,25,27)(H,26,28)(H,29,30)/p-1/b19-13-/t20-/m0/s1. The first-order chi connectivity index (χ1) is 14.7. The van der Waals surface area contributed by atoms with Crippen molar-refractivity contribution >= 4 is 35.5 Å². The van der Waals surface area contributed by atoms with Gasteiger partial charge in [0.15, 0.2) is 0 Å². The molecular formula is C23H24ClN2O5-. The Labute approximate surface area is 186 Å². The van der Waals surface area contributed by atoms with Gasteiger partial charge >= 0.3 is 0 Å². The third-order valence-corrected chi connectivity index (χ3v) is 4.69. The fourth-order valence-electron chi connectivity index (χ4n) is 2.76. The van der Waals surface area contributed by atoms with Gasteiger partial charge in [-0.1, -0.05) is 43.6 Å². The summed E-state index contributed by atoms with van der Waals surface area (Å²) < 4.78 is 5.07. The molecule has 2 rings (SSSR count). The van der Waals surface area contributed by atoms with E-state index in [9.17, 15) is 19.5 Å². The molecule has 0 aromatic heterocycles.